The number of rotatable bonds is 6. The van der Waals surface area contributed by atoms with Gasteiger partial charge < -0.3 is 5.32 Å². The smallest absolute Gasteiger partial charge is 0.262 e. The number of aryl methyl sites for hydroxylation is 3. The molecule has 0 bridgehead atoms. The third-order valence-corrected chi connectivity index (χ3v) is 6.73. The van der Waals surface area contributed by atoms with Gasteiger partial charge in [-0.1, -0.05) is 36.4 Å². The minimum Gasteiger partial charge on any atom is -0.329 e. The van der Waals surface area contributed by atoms with Crippen LogP contribution in [0.3, 0.4) is 0 Å². The van der Waals surface area contributed by atoms with Gasteiger partial charge in [0, 0.05) is 27.9 Å². The van der Waals surface area contributed by atoms with Crippen LogP contribution in [0.25, 0.3) is 10.9 Å². The Kier molecular flexibility index (Phi) is 5.88. The second-order valence-corrected chi connectivity index (χ2v) is 8.99. The van der Waals surface area contributed by atoms with E-state index in [9.17, 15) is 19.2 Å². The molecule has 32 heavy (non-hydrogen) atoms. The third-order valence-electron chi connectivity index (χ3n) is 5.69. The largest absolute Gasteiger partial charge is 0.329 e. The summed E-state index contributed by atoms with van der Waals surface area (Å²) in [6, 6.07) is 6.28. The van der Waals surface area contributed by atoms with Crippen LogP contribution in [0, 0.1) is 13.8 Å². The molecule has 1 aliphatic heterocycles. The molecule has 1 amide bonds. The molecule has 1 saturated heterocycles. The summed E-state index contributed by atoms with van der Waals surface area (Å²) < 4.78 is 1.44. The molecule has 1 aliphatic rings. The zero-order valence-electron chi connectivity index (χ0n) is 17.9. The van der Waals surface area contributed by atoms with Gasteiger partial charge in [-0.05, 0) is 33.1 Å². The number of hydrogen-bond donors (Lipinski definition) is 1. The molecule has 4 rings (SSSR count). The number of carbonyl (C=O) groups excluding carboxylic acids is 3. The van der Waals surface area contributed by atoms with Gasteiger partial charge >= 0.3 is 0 Å². The molecule has 0 saturated carbocycles. The Morgan fingerprint density at radius 1 is 1.22 bits per heavy atom. The monoisotopic (exact) mass is 449 g/mol. The number of nitrogens with zero attached hydrogens (tertiary/aromatic N) is 2. The Balaban J connectivity index is 1.56. The third kappa shape index (κ3) is 4.05. The number of benzene rings is 1. The zero-order chi connectivity index (χ0) is 23.0. The van der Waals surface area contributed by atoms with Crippen LogP contribution in [0.1, 0.15) is 51.9 Å². The lowest BCUT2D eigenvalue weighted by atomic mass is 10.0. The minimum absolute atomic E-state index is 0.0410. The molecule has 0 spiro atoms. The molecule has 0 radical (unpaired) electrons. The predicted octanol–water partition coefficient (Wildman–Crippen LogP) is 3.42. The molecule has 3 heterocycles. The maximum Gasteiger partial charge on any atom is 0.262 e. The highest BCUT2D eigenvalue weighted by Gasteiger charge is 2.29. The van der Waals surface area contributed by atoms with Crippen molar-refractivity contribution in [2.45, 2.75) is 45.6 Å². The van der Waals surface area contributed by atoms with Gasteiger partial charge in [0.2, 0.25) is 17.5 Å². The summed E-state index contributed by atoms with van der Waals surface area (Å²) in [5, 5.41) is 4.84. The van der Waals surface area contributed by atoms with E-state index in [0.29, 0.717) is 47.3 Å². The number of nitrogens with one attached hydrogen (secondary N) is 1. The fourth-order valence-electron chi connectivity index (χ4n) is 3.92. The Hall–Kier alpha value is -3.39. The maximum absolute atomic E-state index is 13.2. The number of amides is 1. The first-order valence-corrected chi connectivity index (χ1v) is 11.3. The van der Waals surface area contributed by atoms with Gasteiger partial charge in [0.1, 0.15) is 11.9 Å². The van der Waals surface area contributed by atoms with Gasteiger partial charge in [-0.25, -0.2) is 4.98 Å². The van der Waals surface area contributed by atoms with E-state index in [1.54, 1.807) is 36.6 Å². The lowest BCUT2D eigenvalue weighted by Crippen LogP contribution is -2.41. The minimum atomic E-state index is -0.623. The van der Waals surface area contributed by atoms with Crippen molar-refractivity contribution in [3.63, 3.8) is 0 Å². The highest BCUT2D eigenvalue weighted by Crippen LogP contribution is 2.27. The molecule has 1 aromatic carbocycles. The number of Topliss-reactive ketones (excluding diaryl/α,β-unsaturated/α-hetero) is 2. The predicted molar refractivity (Wildman–Crippen MR) is 123 cm³/mol. The lowest BCUT2D eigenvalue weighted by Gasteiger charge is -2.26. The molecular weight excluding hydrogens is 426 g/mol. The van der Waals surface area contributed by atoms with Crippen molar-refractivity contribution in [2.24, 2.45) is 0 Å². The molecule has 164 valence electrons. The molecule has 1 N–H and O–H groups in total. The number of hydrogen-bond acceptors (Lipinski definition) is 6. The van der Waals surface area contributed by atoms with E-state index >= 15 is 0 Å². The number of piperidine rings is 1. The molecule has 3 aromatic rings. The second-order valence-electron chi connectivity index (χ2n) is 8.02. The summed E-state index contributed by atoms with van der Waals surface area (Å²) >= 11 is 1.34. The summed E-state index contributed by atoms with van der Waals surface area (Å²) in [6.45, 7) is 7.39. The van der Waals surface area contributed by atoms with Crippen molar-refractivity contribution in [3.8, 4) is 0 Å². The van der Waals surface area contributed by atoms with Gasteiger partial charge in [0.05, 0.1) is 10.9 Å². The number of thiophene rings is 1. The molecular formula is C24H23N3O4S. The van der Waals surface area contributed by atoms with Crippen LogP contribution in [0.2, 0.25) is 0 Å². The van der Waals surface area contributed by atoms with Gasteiger partial charge in [-0.3, -0.25) is 23.7 Å². The highest BCUT2D eigenvalue weighted by atomic mass is 32.1. The SMILES string of the molecule is C=C1CCC(n2c(C)nc3c(CCC(=O)C(=O)c4ccc(C)cc4)scc3c2=O)C(=O)N1. The van der Waals surface area contributed by atoms with Gasteiger partial charge in [0.25, 0.3) is 5.56 Å². The van der Waals surface area contributed by atoms with Crippen LogP contribution >= 0.6 is 11.3 Å². The van der Waals surface area contributed by atoms with Crippen molar-refractivity contribution in [2.75, 3.05) is 0 Å². The number of aromatic nitrogens is 2. The summed E-state index contributed by atoms with van der Waals surface area (Å²) in [6.07, 6.45) is 1.46. The Morgan fingerprint density at radius 3 is 2.62 bits per heavy atom. The van der Waals surface area contributed by atoms with Gasteiger partial charge in [-0.15, -0.1) is 11.3 Å². The van der Waals surface area contributed by atoms with Crippen LogP contribution < -0.4 is 10.9 Å². The fourth-order valence-corrected chi connectivity index (χ4v) is 4.88. The lowest BCUT2D eigenvalue weighted by molar-refractivity contribution is -0.125. The number of carbonyl (C=O) groups is 3. The van der Waals surface area contributed by atoms with Crippen LogP contribution in [-0.4, -0.2) is 27.0 Å². The number of allylic oxidation sites excluding steroid dienone is 1. The normalized spacial score (nSPS) is 16.2. The maximum atomic E-state index is 13.2. The summed E-state index contributed by atoms with van der Waals surface area (Å²) in [5.74, 6) is -0.804. The van der Waals surface area contributed by atoms with Crippen molar-refractivity contribution in [1.29, 1.82) is 0 Å². The number of fused-ring (bicyclic) bond motifs is 1. The first-order valence-electron chi connectivity index (χ1n) is 10.4. The second kappa shape index (κ2) is 8.63. The molecule has 1 fully saturated rings. The van der Waals surface area contributed by atoms with Crippen LogP contribution in [0.5, 0.6) is 0 Å². The van der Waals surface area contributed by atoms with E-state index < -0.39 is 17.6 Å². The average Bonchev–Trinajstić information content (AvgIpc) is 3.16. The molecule has 1 atom stereocenters. The standard InChI is InChI=1S/C24H23N3O4S/c1-13-4-7-16(8-5-13)22(29)19(28)10-11-20-21-17(12-32-20)24(31)27(15(3)26-21)18-9-6-14(2)25-23(18)30/h4-5,7-8,12,18H,2,6,9-11H2,1,3H3,(H,25,30). The fraction of sp³-hybridized carbons (Fsp3) is 0.292. The van der Waals surface area contributed by atoms with Crippen LogP contribution in [0.15, 0.2) is 46.7 Å². The van der Waals surface area contributed by atoms with E-state index in [4.69, 9.17) is 0 Å². The Morgan fingerprint density at radius 2 is 1.94 bits per heavy atom. The van der Waals surface area contributed by atoms with Crippen LogP contribution in [0.4, 0.5) is 0 Å². The topological polar surface area (TPSA) is 98.1 Å². The van der Waals surface area contributed by atoms with Crippen molar-refractivity contribution in [1.82, 2.24) is 14.9 Å². The van der Waals surface area contributed by atoms with E-state index in [-0.39, 0.29) is 17.9 Å². The molecule has 0 aliphatic carbocycles. The first-order chi connectivity index (χ1) is 15.3. The number of ketones is 2. The van der Waals surface area contributed by atoms with Gasteiger partial charge in [0.15, 0.2) is 0 Å². The highest BCUT2D eigenvalue weighted by molar-refractivity contribution is 7.11. The van der Waals surface area contributed by atoms with E-state index in [2.05, 4.69) is 16.9 Å². The summed E-state index contributed by atoms with van der Waals surface area (Å²) in [5.41, 5.74) is 2.30. The first kappa shape index (κ1) is 21.8. The van der Waals surface area contributed by atoms with Crippen LogP contribution in [-0.2, 0) is 16.0 Å². The molecule has 1 unspecified atom stereocenters. The van der Waals surface area contributed by atoms with Crippen molar-refractivity contribution < 1.29 is 14.4 Å². The molecule has 7 nitrogen and oxygen atoms in total. The quantitative estimate of drug-likeness (QED) is 0.459. The van der Waals surface area contributed by atoms with E-state index in [0.717, 1.165) is 10.4 Å². The molecule has 2 aromatic heterocycles. The summed E-state index contributed by atoms with van der Waals surface area (Å²) in [4.78, 5) is 55.8. The summed E-state index contributed by atoms with van der Waals surface area (Å²) in [7, 11) is 0. The molecule has 8 heteroatoms. The van der Waals surface area contributed by atoms with Crippen molar-refractivity contribution >= 4 is 39.7 Å². The Bertz CT molecular complexity index is 1320. The van der Waals surface area contributed by atoms with Gasteiger partial charge in [-0.2, -0.15) is 0 Å². The van der Waals surface area contributed by atoms with E-state index in [1.165, 1.54) is 15.9 Å². The van der Waals surface area contributed by atoms with E-state index in [1.807, 2.05) is 6.92 Å². The van der Waals surface area contributed by atoms with Crippen molar-refractivity contribution in [3.05, 3.63) is 74.1 Å². The average molecular weight is 450 g/mol. The zero-order valence-corrected chi connectivity index (χ0v) is 18.8. The Labute approximate surface area is 188 Å².